The summed E-state index contributed by atoms with van der Waals surface area (Å²) in [6, 6.07) is -1.25. The molecular weight excluding hydrogens is 411 g/mol. The van der Waals surface area contributed by atoms with E-state index in [0.717, 1.165) is 10.7 Å². The number of carboxylic acids is 1. The van der Waals surface area contributed by atoms with Crippen molar-refractivity contribution in [2.24, 2.45) is 0 Å². The molecule has 2 saturated heterocycles. The van der Waals surface area contributed by atoms with Gasteiger partial charge < -0.3 is 24.7 Å². The Morgan fingerprint density at radius 3 is 2.52 bits per heavy atom. The van der Waals surface area contributed by atoms with E-state index >= 15 is 0 Å². The molecule has 2 heterocycles. The summed E-state index contributed by atoms with van der Waals surface area (Å²) < 4.78 is 10.0. The molecule has 2 atom stereocenters. The van der Waals surface area contributed by atoms with E-state index in [-0.39, 0.29) is 55.6 Å². The van der Waals surface area contributed by atoms with E-state index in [0.29, 0.717) is 5.06 Å². The van der Waals surface area contributed by atoms with Crippen LogP contribution in [-0.4, -0.2) is 70.1 Å². The summed E-state index contributed by atoms with van der Waals surface area (Å²) in [7, 11) is 0. The fourth-order valence-electron chi connectivity index (χ4n) is 2.52. The first kappa shape index (κ1) is 24.0. The molecule has 0 bridgehead atoms. The van der Waals surface area contributed by atoms with Crippen molar-refractivity contribution in [3.63, 3.8) is 0 Å². The molecule has 1 N–H and O–H groups in total. The first-order valence-corrected chi connectivity index (χ1v) is 8.48. The Labute approximate surface area is 187 Å². The molecule has 0 radical (unpaired) electrons. The topological polar surface area (TPSA) is 134 Å². The number of amides is 2. The van der Waals surface area contributed by atoms with Crippen molar-refractivity contribution in [1.29, 1.82) is 0 Å². The molecule has 0 spiro atoms. The average Bonchev–Trinajstić information content (AvgIpc) is 3.17. The summed E-state index contributed by atoms with van der Waals surface area (Å²) in [5.74, 6) is -4.34. The maximum absolute atomic E-state index is 12.5. The summed E-state index contributed by atoms with van der Waals surface area (Å²) in [4.78, 5) is 52.8. The zero-order chi connectivity index (χ0) is 19.5. The van der Waals surface area contributed by atoms with E-state index < -0.39 is 41.1 Å². The van der Waals surface area contributed by atoms with Crippen LogP contribution in [-0.2, 0) is 33.5 Å². The van der Waals surface area contributed by atoms with Crippen LogP contribution in [0.2, 0.25) is 0 Å². The minimum Gasteiger partial charge on any atom is -0.544 e. The second kappa shape index (κ2) is 9.45. The van der Waals surface area contributed by atoms with E-state index in [2.05, 4.69) is 5.32 Å². The van der Waals surface area contributed by atoms with E-state index in [4.69, 9.17) is 38.7 Å². The molecule has 27 heavy (non-hydrogen) atoms. The van der Waals surface area contributed by atoms with Gasteiger partial charge in [-0.05, 0) is 6.92 Å². The van der Waals surface area contributed by atoms with Crippen LogP contribution in [0.4, 0.5) is 0 Å². The number of carbonyl (C=O) groups is 4. The summed E-state index contributed by atoms with van der Waals surface area (Å²) in [6.45, 7) is 1.37. The van der Waals surface area contributed by atoms with Gasteiger partial charge in [0.2, 0.25) is 5.60 Å². The molecular formula is C14H15N2NaO8S2. The monoisotopic (exact) mass is 426 g/mol. The Kier molecular flexibility index (Phi) is 8.41. The molecule has 0 aromatic heterocycles. The predicted octanol–water partition coefficient (Wildman–Crippen LogP) is -5.19. The fraction of sp³-hybridized carbons (Fsp3) is 0.571. The first-order valence-electron chi connectivity index (χ1n) is 7.54. The molecule has 0 aromatic carbocycles. The third kappa shape index (κ3) is 4.36. The van der Waals surface area contributed by atoms with Crippen molar-refractivity contribution in [2.45, 2.75) is 37.1 Å². The third-order valence-electron chi connectivity index (χ3n) is 3.86. The minimum atomic E-state index is -2.36. The number of rotatable bonds is 8. The number of cyclic esters (lactones) is 1. The molecule has 0 saturated carbocycles. The van der Waals surface area contributed by atoms with Crippen LogP contribution in [0, 0.1) is 0 Å². The molecule has 2 aliphatic rings. The Bertz CT molecular complexity index is 668. The van der Waals surface area contributed by atoms with Gasteiger partial charge in [0.25, 0.3) is 17.5 Å². The minimum absolute atomic E-state index is 0. The van der Waals surface area contributed by atoms with Gasteiger partial charge in [-0.3, -0.25) is 19.2 Å². The Hall–Kier alpha value is -1.02. The largest absolute Gasteiger partial charge is 1.00 e. The van der Waals surface area contributed by atoms with Crippen LogP contribution in [0.5, 0.6) is 0 Å². The smallest absolute Gasteiger partial charge is 0.544 e. The van der Waals surface area contributed by atoms with Crippen LogP contribution >= 0.6 is 24.4 Å². The number of esters is 1. The molecule has 10 nitrogen and oxygen atoms in total. The van der Waals surface area contributed by atoms with Crippen LogP contribution < -0.4 is 40.0 Å². The number of hydrogen-bond donors (Lipinski definition) is 1. The van der Waals surface area contributed by atoms with Crippen molar-refractivity contribution in [1.82, 2.24) is 10.4 Å². The molecule has 2 aliphatic heterocycles. The Balaban J connectivity index is 0.00000364. The number of hydrogen-bond acceptors (Lipinski definition) is 10. The number of aliphatic carboxylic acids is 1. The van der Waals surface area contributed by atoms with E-state index in [1.165, 1.54) is 0 Å². The van der Waals surface area contributed by atoms with E-state index in [1.807, 2.05) is 0 Å². The SMILES string of the molecule is CCOC(C=S)(C=S)C(=O)N[C@H]1CON(C2(C(=O)[O-])CCC(=O)O2)C1=O.[Na+]. The van der Waals surface area contributed by atoms with E-state index in [9.17, 15) is 24.3 Å². The van der Waals surface area contributed by atoms with Gasteiger partial charge in [0.15, 0.2) is 0 Å². The summed E-state index contributed by atoms with van der Waals surface area (Å²) in [5, 5.41) is 16.2. The number of carboxylic acid groups (broad SMARTS) is 1. The predicted molar refractivity (Wildman–Crippen MR) is 89.5 cm³/mol. The van der Waals surface area contributed by atoms with E-state index in [1.54, 1.807) is 6.92 Å². The van der Waals surface area contributed by atoms with Gasteiger partial charge in [-0.25, -0.2) is 0 Å². The summed E-state index contributed by atoms with van der Waals surface area (Å²) in [5.41, 5.74) is -4.07. The number of thiocarbonyl (C=S) groups is 2. The van der Waals surface area contributed by atoms with Gasteiger partial charge in [-0.2, -0.15) is 5.06 Å². The number of nitrogens with one attached hydrogen (secondary N) is 1. The summed E-state index contributed by atoms with van der Waals surface area (Å²) >= 11 is 9.59. The van der Waals surface area contributed by atoms with Crippen LogP contribution in [0.15, 0.2) is 0 Å². The first-order chi connectivity index (χ1) is 12.3. The number of carbonyl (C=O) groups excluding carboxylic acids is 4. The van der Waals surface area contributed by atoms with Crippen molar-refractivity contribution < 1.29 is 68.2 Å². The second-order valence-electron chi connectivity index (χ2n) is 5.46. The normalized spacial score (nSPS) is 24.8. The fourth-order valence-corrected chi connectivity index (χ4v) is 3.09. The summed E-state index contributed by atoms with van der Waals surface area (Å²) in [6.07, 6.45) is -0.551. The van der Waals surface area contributed by atoms with Crippen LogP contribution in [0.3, 0.4) is 0 Å². The van der Waals surface area contributed by atoms with Gasteiger partial charge in [0.05, 0.1) is 6.42 Å². The molecule has 142 valence electrons. The molecule has 13 heteroatoms. The van der Waals surface area contributed by atoms with Gasteiger partial charge in [-0.1, -0.05) is 24.4 Å². The molecule has 0 aliphatic carbocycles. The van der Waals surface area contributed by atoms with Gasteiger partial charge in [-0.15, -0.1) is 0 Å². The zero-order valence-electron chi connectivity index (χ0n) is 14.6. The standard InChI is InChI=1S/C14H16N2O8S2.Na/c1-2-22-13(6-25,7-26)11(19)15-8-5-23-16(10(8)18)14(12(20)21)4-3-9(17)24-14;/h6-8H,2-5H2,1H3,(H,15,19)(H,20,21);/q;+1/p-1/t8-,14?;/m0./s1. The maximum Gasteiger partial charge on any atom is 1.00 e. The van der Waals surface area contributed by atoms with Crippen molar-refractivity contribution >= 4 is 58.9 Å². The van der Waals surface area contributed by atoms with Gasteiger partial charge in [0, 0.05) is 23.8 Å². The molecule has 2 amide bonds. The zero-order valence-corrected chi connectivity index (χ0v) is 18.2. The third-order valence-corrected chi connectivity index (χ3v) is 4.56. The second-order valence-corrected chi connectivity index (χ2v) is 5.93. The van der Waals surface area contributed by atoms with Gasteiger partial charge in [0.1, 0.15) is 18.6 Å². The molecule has 0 aromatic rings. The number of hydroxylamine groups is 2. The van der Waals surface area contributed by atoms with Crippen molar-refractivity contribution in [3.05, 3.63) is 0 Å². The van der Waals surface area contributed by atoms with Crippen LogP contribution in [0.1, 0.15) is 19.8 Å². The number of nitrogens with zero attached hydrogens (tertiary/aromatic N) is 1. The quantitative estimate of drug-likeness (QED) is 0.228. The Morgan fingerprint density at radius 1 is 1.44 bits per heavy atom. The van der Waals surface area contributed by atoms with Crippen molar-refractivity contribution in [2.75, 3.05) is 13.2 Å². The maximum atomic E-state index is 12.5. The van der Waals surface area contributed by atoms with Crippen LogP contribution in [0.25, 0.3) is 0 Å². The molecule has 2 rings (SSSR count). The van der Waals surface area contributed by atoms with Gasteiger partial charge >= 0.3 is 35.5 Å². The molecule has 1 unspecified atom stereocenters. The molecule has 2 fully saturated rings. The Morgan fingerprint density at radius 2 is 2.07 bits per heavy atom. The van der Waals surface area contributed by atoms with Crippen molar-refractivity contribution in [3.8, 4) is 0 Å². The average molecular weight is 426 g/mol. The number of ether oxygens (including phenoxy) is 2.